The van der Waals surface area contributed by atoms with Crippen molar-refractivity contribution in [3.63, 3.8) is 0 Å². The highest BCUT2D eigenvalue weighted by atomic mass is 16.1. The molecule has 0 aliphatic heterocycles. The van der Waals surface area contributed by atoms with Crippen LogP contribution in [0.4, 0.5) is 0 Å². The number of fused-ring (bicyclic) bond motifs is 1. The number of pyridine rings is 1. The van der Waals surface area contributed by atoms with Crippen molar-refractivity contribution in [3.8, 4) is 11.3 Å². The normalized spacial score (nSPS) is 15.4. The van der Waals surface area contributed by atoms with Gasteiger partial charge in [0, 0.05) is 17.8 Å². The zero-order valence-electron chi connectivity index (χ0n) is 17.8. The first-order valence-corrected chi connectivity index (χ1v) is 10.9. The number of aromatic nitrogens is 2. The van der Waals surface area contributed by atoms with Crippen molar-refractivity contribution >= 4 is 11.6 Å². The van der Waals surface area contributed by atoms with Gasteiger partial charge in [0.1, 0.15) is 5.65 Å². The summed E-state index contributed by atoms with van der Waals surface area (Å²) in [6.07, 6.45) is 9.59. The van der Waals surface area contributed by atoms with E-state index in [1.165, 1.54) is 42.4 Å². The molecular formula is C25H31N3O. The van der Waals surface area contributed by atoms with Gasteiger partial charge in [0.15, 0.2) is 0 Å². The van der Waals surface area contributed by atoms with Gasteiger partial charge in [0.05, 0.1) is 17.8 Å². The van der Waals surface area contributed by atoms with Crippen LogP contribution in [-0.4, -0.2) is 21.3 Å². The Morgan fingerprint density at radius 1 is 1.03 bits per heavy atom. The van der Waals surface area contributed by atoms with Gasteiger partial charge in [0.25, 0.3) is 0 Å². The van der Waals surface area contributed by atoms with Crippen LogP contribution in [-0.2, 0) is 11.2 Å². The zero-order valence-corrected chi connectivity index (χ0v) is 17.8. The topological polar surface area (TPSA) is 46.4 Å². The Morgan fingerprint density at radius 3 is 2.52 bits per heavy atom. The second-order valence-corrected chi connectivity index (χ2v) is 8.57. The molecule has 1 aromatic carbocycles. The summed E-state index contributed by atoms with van der Waals surface area (Å²) in [4.78, 5) is 17.9. The van der Waals surface area contributed by atoms with Gasteiger partial charge >= 0.3 is 0 Å². The largest absolute Gasteiger partial charge is 0.353 e. The number of imidazole rings is 1. The van der Waals surface area contributed by atoms with E-state index in [9.17, 15) is 4.79 Å². The molecule has 1 amide bonds. The van der Waals surface area contributed by atoms with Crippen LogP contribution in [0.15, 0.2) is 36.5 Å². The number of benzene rings is 1. The van der Waals surface area contributed by atoms with Gasteiger partial charge in [-0.05, 0) is 68.5 Å². The van der Waals surface area contributed by atoms with Crippen LogP contribution in [0.3, 0.4) is 0 Å². The van der Waals surface area contributed by atoms with Gasteiger partial charge in [-0.1, -0.05) is 37.8 Å². The molecule has 1 saturated carbocycles. The second-order valence-electron chi connectivity index (χ2n) is 8.57. The van der Waals surface area contributed by atoms with Crippen LogP contribution in [0, 0.1) is 20.8 Å². The number of nitrogens with one attached hydrogen (secondary N) is 1. The maximum atomic E-state index is 13.0. The lowest BCUT2D eigenvalue weighted by Gasteiger charge is -2.16. The van der Waals surface area contributed by atoms with Crippen molar-refractivity contribution in [1.29, 1.82) is 0 Å². The lowest BCUT2D eigenvalue weighted by molar-refractivity contribution is -0.121. The summed E-state index contributed by atoms with van der Waals surface area (Å²) < 4.78 is 2.07. The number of hydrogen-bond donors (Lipinski definition) is 1. The van der Waals surface area contributed by atoms with Crippen molar-refractivity contribution in [2.75, 3.05) is 0 Å². The Hall–Kier alpha value is -2.62. The Labute approximate surface area is 173 Å². The van der Waals surface area contributed by atoms with Crippen LogP contribution < -0.4 is 5.32 Å². The molecule has 4 nitrogen and oxygen atoms in total. The summed E-state index contributed by atoms with van der Waals surface area (Å²) in [5, 5.41) is 3.29. The Kier molecular flexibility index (Phi) is 5.70. The molecule has 0 atom stereocenters. The number of carbonyl (C=O) groups excluding carboxylic acids is 1. The maximum absolute atomic E-state index is 13.0. The molecule has 1 aliphatic rings. The SMILES string of the molecule is Cc1ccn2c(CC(=O)NC3CCCCCC3)c(-c3ccc(C)c(C)c3)nc2c1. The van der Waals surface area contributed by atoms with Gasteiger partial charge in [0.2, 0.25) is 5.91 Å². The quantitative estimate of drug-likeness (QED) is 0.615. The summed E-state index contributed by atoms with van der Waals surface area (Å²) in [6.45, 7) is 6.31. The number of amides is 1. The van der Waals surface area contributed by atoms with Gasteiger partial charge in [-0.3, -0.25) is 4.79 Å². The predicted octanol–water partition coefficient (Wildman–Crippen LogP) is 5.31. The number of rotatable bonds is 4. The molecule has 29 heavy (non-hydrogen) atoms. The summed E-state index contributed by atoms with van der Waals surface area (Å²) >= 11 is 0. The first-order chi connectivity index (χ1) is 14.0. The highest BCUT2D eigenvalue weighted by molar-refractivity contribution is 5.82. The standard InChI is InChI=1S/C25H31N3O/c1-17-12-13-28-22(16-24(29)26-21-8-6-4-5-7-9-21)25(27-23(28)14-17)20-11-10-18(2)19(3)15-20/h10-15,21H,4-9,16H2,1-3H3,(H,26,29). The maximum Gasteiger partial charge on any atom is 0.226 e. The second kappa shape index (κ2) is 8.40. The van der Waals surface area contributed by atoms with E-state index in [1.807, 2.05) is 6.20 Å². The minimum Gasteiger partial charge on any atom is -0.353 e. The number of nitrogens with zero attached hydrogens (tertiary/aromatic N) is 2. The van der Waals surface area contributed by atoms with Crippen LogP contribution in [0.2, 0.25) is 0 Å². The minimum absolute atomic E-state index is 0.101. The van der Waals surface area contributed by atoms with E-state index in [-0.39, 0.29) is 5.91 Å². The van der Waals surface area contributed by atoms with Crippen molar-refractivity contribution in [3.05, 3.63) is 58.9 Å². The molecular weight excluding hydrogens is 358 g/mol. The van der Waals surface area contributed by atoms with Gasteiger partial charge in [-0.15, -0.1) is 0 Å². The molecule has 2 aromatic heterocycles. The average Bonchev–Trinajstić information content (AvgIpc) is 2.85. The van der Waals surface area contributed by atoms with E-state index in [0.717, 1.165) is 35.4 Å². The fourth-order valence-corrected chi connectivity index (χ4v) is 4.34. The first-order valence-electron chi connectivity index (χ1n) is 10.9. The number of aryl methyl sites for hydroxylation is 3. The van der Waals surface area contributed by atoms with Crippen molar-refractivity contribution in [2.45, 2.75) is 71.8 Å². The lowest BCUT2D eigenvalue weighted by Crippen LogP contribution is -2.35. The molecule has 0 bridgehead atoms. The third kappa shape index (κ3) is 4.36. The first kappa shape index (κ1) is 19.7. The smallest absolute Gasteiger partial charge is 0.226 e. The van der Waals surface area contributed by atoms with E-state index in [0.29, 0.717) is 12.5 Å². The molecule has 3 aromatic rings. The van der Waals surface area contributed by atoms with Crippen LogP contribution in [0.25, 0.3) is 16.9 Å². The average molecular weight is 390 g/mol. The fraction of sp³-hybridized carbons (Fsp3) is 0.440. The molecule has 4 rings (SSSR count). The van der Waals surface area contributed by atoms with Crippen LogP contribution >= 0.6 is 0 Å². The third-order valence-electron chi connectivity index (χ3n) is 6.21. The fourth-order valence-electron chi connectivity index (χ4n) is 4.34. The molecule has 0 radical (unpaired) electrons. The Morgan fingerprint density at radius 2 is 1.79 bits per heavy atom. The molecule has 0 saturated heterocycles. The van der Waals surface area contributed by atoms with Crippen LogP contribution in [0.5, 0.6) is 0 Å². The third-order valence-corrected chi connectivity index (χ3v) is 6.21. The molecule has 1 aliphatic carbocycles. The summed E-state index contributed by atoms with van der Waals surface area (Å²) in [5.74, 6) is 0.101. The van der Waals surface area contributed by atoms with E-state index in [1.54, 1.807) is 0 Å². The monoisotopic (exact) mass is 389 g/mol. The molecule has 1 fully saturated rings. The summed E-state index contributed by atoms with van der Waals surface area (Å²) in [6, 6.07) is 10.9. The predicted molar refractivity (Wildman–Crippen MR) is 118 cm³/mol. The molecule has 152 valence electrons. The molecule has 0 spiro atoms. The Bertz CT molecular complexity index is 1030. The summed E-state index contributed by atoms with van der Waals surface area (Å²) in [5.41, 5.74) is 7.53. The van der Waals surface area contributed by atoms with Crippen molar-refractivity contribution < 1.29 is 4.79 Å². The zero-order chi connectivity index (χ0) is 20.4. The van der Waals surface area contributed by atoms with Gasteiger partial charge < -0.3 is 9.72 Å². The highest BCUT2D eigenvalue weighted by Crippen LogP contribution is 2.27. The molecule has 4 heteroatoms. The van der Waals surface area contributed by atoms with E-state index in [2.05, 4.69) is 60.8 Å². The van der Waals surface area contributed by atoms with Crippen molar-refractivity contribution in [1.82, 2.24) is 14.7 Å². The molecule has 0 unspecified atom stereocenters. The minimum atomic E-state index is 0.101. The van der Waals surface area contributed by atoms with E-state index < -0.39 is 0 Å². The van der Waals surface area contributed by atoms with E-state index in [4.69, 9.17) is 4.98 Å². The number of hydrogen-bond acceptors (Lipinski definition) is 2. The van der Waals surface area contributed by atoms with Crippen molar-refractivity contribution in [2.24, 2.45) is 0 Å². The molecule has 2 heterocycles. The lowest BCUT2D eigenvalue weighted by atomic mass is 10.0. The van der Waals surface area contributed by atoms with Gasteiger partial charge in [-0.25, -0.2) is 4.98 Å². The number of carbonyl (C=O) groups is 1. The van der Waals surface area contributed by atoms with Crippen LogP contribution in [0.1, 0.15) is 60.9 Å². The van der Waals surface area contributed by atoms with E-state index >= 15 is 0 Å². The van der Waals surface area contributed by atoms with Gasteiger partial charge in [-0.2, -0.15) is 0 Å². The molecule has 1 N–H and O–H groups in total. The highest BCUT2D eigenvalue weighted by Gasteiger charge is 2.20. The summed E-state index contributed by atoms with van der Waals surface area (Å²) in [7, 11) is 0. The Balaban J connectivity index is 1.67.